The molecule has 0 aliphatic carbocycles. The van der Waals surface area contributed by atoms with Crippen LogP contribution < -0.4 is 10.9 Å². The average Bonchev–Trinajstić information content (AvgIpc) is 3.51. The van der Waals surface area contributed by atoms with E-state index in [2.05, 4.69) is 42.1 Å². The van der Waals surface area contributed by atoms with Gasteiger partial charge in [-0.1, -0.05) is 38.1 Å². The summed E-state index contributed by atoms with van der Waals surface area (Å²) >= 11 is 0. The van der Waals surface area contributed by atoms with Crippen LogP contribution in [0.4, 0.5) is 5.69 Å². The number of benzene rings is 2. The summed E-state index contributed by atoms with van der Waals surface area (Å²) in [5.74, 6) is -0.785. The first kappa shape index (κ1) is 22.1. The van der Waals surface area contributed by atoms with Gasteiger partial charge >= 0.3 is 0 Å². The van der Waals surface area contributed by atoms with Crippen LogP contribution in [0.15, 0.2) is 64.7 Å². The minimum Gasteiger partial charge on any atom is -0.356 e. The Balaban J connectivity index is 1.56. The first-order chi connectivity index (χ1) is 17.8. The van der Waals surface area contributed by atoms with Gasteiger partial charge in [-0.3, -0.25) is 19.3 Å². The van der Waals surface area contributed by atoms with Crippen LogP contribution in [-0.2, 0) is 29.1 Å². The normalized spacial score (nSPS) is 18.2. The molecule has 1 atom stereocenters. The summed E-state index contributed by atoms with van der Waals surface area (Å²) in [7, 11) is 0. The highest BCUT2D eigenvalue weighted by molar-refractivity contribution is 6.11. The van der Waals surface area contributed by atoms with Crippen molar-refractivity contribution >= 4 is 39.3 Å². The van der Waals surface area contributed by atoms with Gasteiger partial charge in [0.15, 0.2) is 0 Å². The fourth-order valence-electron chi connectivity index (χ4n) is 6.54. The van der Waals surface area contributed by atoms with Crippen molar-refractivity contribution in [2.75, 3.05) is 11.9 Å². The van der Waals surface area contributed by atoms with Gasteiger partial charge in [-0.2, -0.15) is 0 Å². The number of rotatable bonds is 3. The average molecular weight is 493 g/mol. The number of hydrogen-bond donors (Lipinski definition) is 1. The number of carbonyl (C=O) groups is 2. The molecule has 4 aromatic rings. The van der Waals surface area contributed by atoms with E-state index in [4.69, 9.17) is 0 Å². The molecule has 0 saturated heterocycles. The molecule has 0 bridgehead atoms. The monoisotopic (exact) mass is 492 g/mol. The molecule has 0 saturated carbocycles. The van der Waals surface area contributed by atoms with Crippen molar-refractivity contribution in [3.63, 3.8) is 0 Å². The molecular weight excluding hydrogens is 464 g/mol. The van der Waals surface area contributed by atoms with Gasteiger partial charge in [-0.15, -0.1) is 0 Å². The third kappa shape index (κ3) is 3.03. The first-order valence-corrected chi connectivity index (χ1v) is 12.9. The highest BCUT2D eigenvalue weighted by Crippen LogP contribution is 2.46. The van der Waals surface area contributed by atoms with Crippen molar-refractivity contribution in [2.45, 2.75) is 46.2 Å². The van der Waals surface area contributed by atoms with Gasteiger partial charge in [-0.05, 0) is 47.1 Å². The summed E-state index contributed by atoms with van der Waals surface area (Å²) in [4.78, 5) is 41.6. The highest BCUT2D eigenvalue weighted by Gasteiger charge is 2.43. The lowest BCUT2D eigenvalue weighted by Crippen LogP contribution is -2.34. The number of nitrogens with zero attached hydrogens (tertiary/aromatic N) is 3. The quantitative estimate of drug-likeness (QED) is 0.461. The second kappa shape index (κ2) is 7.68. The van der Waals surface area contributed by atoms with Crippen LogP contribution >= 0.6 is 0 Å². The number of nitrogens with one attached hydrogen (secondary N) is 1. The van der Waals surface area contributed by atoms with Crippen LogP contribution in [0.1, 0.15) is 43.4 Å². The van der Waals surface area contributed by atoms with Crippen molar-refractivity contribution in [1.82, 2.24) is 14.0 Å². The summed E-state index contributed by atoms with van der Waals surface area (Å²) in [5, 5.41) is 5.54. The van der Waals surface area contributed by atoms with E-state index in [0.717, 1.165) is 46.0 Å². The smallest absolute Gasteiger partial charge is 0.259 e. The van der Waals surface area contributed by atoms with Gasteiger partial charge < -0.3 is 14.5 Å². The fraction of sp³-hybridized carbons (Fsp3) is 0.300. The highest BCUT2D eigenvalue weighted by atomic mass is 16.2. The zero-order chi connectivity index (χ0) is 25.6. The molecule has 7 rings (SSSR count). The van der Waals surface area contributed by atoms with Crippen molar-refractivity contribution in [2.24, 2.45) is 5.92 Å². The Morgan fingerprint density at radius 2 is 1.92 bits per heavy atom. The molecule has 7 heteroatoms. The lowest BCUT2D eigenvalue weighted by Gasteiger charge is -2.20. The molecule has 0 radical (unpaired) electrons. The number of amides is 2. The topological polar surface area (TPSA) is 76.3 Å². The van der Waals surface area contributed by atoms with Crippen molar-refractivity contribution in [3.8, 4) is 0 Å². The number of carbonyl (C=O) groups excluding carboxylic acids is 2. The molecule has 186 valence electrons. The maximum Gasteiger partial charge on any atom is 0.259 e. The minimum absolute atomic E-state index is 0.0625. The second-order valence-electron chi connectivity index (χ2n) is 10.9. The number of aryl methyl sites for hydroxylation is 2. The van der Waals surface area contributed by atoms with Crippen LogP contribution in [0, 0.1) is 5.92 Å². The summed E-state index contributed by atoms with van der Waals surface area (Å²) in [6.45, 7) is 7.40. The minimum atomic E-state index is -0.580. The maximum absolute atomic E-state index is 14.1. The second-order valence-corrected chi connectivity index (χ2v) is 10.9. The van der Waals surface area contributed by atoms with E-state index in [0.29, 0.717) is 29.3 Å². The van der Waals surface area contributed by atoms with E-state index in [9.17, 15) is 14.4 Å². The Kier molecular flexibility index (Phi) is 4.59. The van der Waals surface area contributed by atoms with Crippen LogP contribution in [0.25, 0.3) is 21.8 Å². The summed E-state index contributed by atoms with van der Waals surface area (Å²) in [6, 6.07) is 14.3. The van der Waals surface area contributed by atoms with E-state index in [1.54, 1.807) is 0 Å². The zero-order valence-electron chi connectivity index (χ0n) is 21.2. The summed E-state index contributed by atoms with van der Waals surface area (Å²) < 4.78 is 4.10. The Morgan fingerprint density at radius 1 is 1.11 bits per heavy atom. The maximum atomic E-state index is 14.1. The predicted octanol–water partition coefficient (Wildman–Crippen LogP) is 4.37. The predicted molar refractivity (Wildman–Crippen MR) is 144 cm³/mol. The van der Waals surface area contributed by atoms with Crippen LogP contribution in [0.3, 0.4) is 0 Å². The van der Waals surface area contributed by atoms with E-state index >= 15 is 0 Å². The van der Waals surface area contributed by atoms with Crippen LogP contribution in [-0.4, -0.2) is 32.4 Å². The molecule has 0 spiro atoms. The number of aromatic nitrogens is 2. The third-order valence-corrected chi connectivity index (χ3v) is 8.02. The number of pyridine rings is 1. The molecule has 2 aromatic carbocycles. The molecule has 1 N–H and O–H groups in total. The van der Waals surface area contributed by atoms with Gasteiger partial charge in [-0.25, -0.2) is 0 Å². The van der Waals surface area contributed by atoms with E-state index in [1.165, 1.54) is 17.4 Å². The molecule has 5 heterocycles. The molecule has 7 nitrogen and oxygen atoms in total. The third-order valence-electron chi connectivity index (χ3n) is 8.02. The zero-order valence-corrected chi connectivity index (χ0v) is 21.2. The fourth-order valence-corrected chi connectivity index (χ4v) is 6.54. The summed E-state index contributed by atoms with van der Waals surface area (Å²) in [6.07, 6.45) is 2.94. The van der Waals surface area contributed by atoms with Gasteiger partial charge in [0, 0.05) is 54.5 Å². The van der Waals surface area contributed by atoms with Gasteiger partial charge in [0.1, 0.15) is 0 Å². The first-order valence-electron chi connectivity index (χ1n) is 12.9. The van der Waals surface area contributed by atoms with Crippen molar-refractivity contribution in [1.29, 1.82) is 0 Å². The summed E-state index contributed by atoms with van der Waals surface area (Å²) in [5.41, 5.74) is 6.78. The van der Waals surface area contributed by atoms with Crippen LogP contribution in [0.5, 0.6) is 0 Å². The van der Waals surface area contributed by atoms with Gasteiger partial charge in [0.25, 0.3) is 11.5 Å². The van der Waals surface area contributed by atoms with Crippen molar-refractivity contribution in [3.05, 3.63) is 87.0 Å². The molecule has 37 heavy (non-hydrogen) atoms. The lowest BCUT2D eigenvalue weighted by atomic mass is 9.84. The lowest BCUT2D eigenvalue weighted by molar-refractivity contribution is -0.139. The SMILES string of the molecule is CC(=O)N1CC2=C(C1=O)[C@@H](c1cc3cccc4c3n(c1=O)CC4)c1cn(CC(C)C)c3cccc(c13)N2. The Hall–Kier alpha value is -4.13. The number of imide groups is 1. The number of para-hydroxylation sites is 1. The van der Waals surface area contributed by atoms with Crippen molar-refractivity contribution < 1.29 is 9.59 Å². The standard InChI is InChI=1S/C30H28N4O3/c1-16(2)13-32-14-21-25(20-12-19-7-4-6-18-10-11-33(28(18)19)29(20)36)27-23(15-34(17(3)35)30(27)37)31-22-8-5-9-24(32)26(21)22/h4-9,12,14,16,25,31H,10-11,13,15H2,1-3H3/t25-/m0/s1. The van der Waals surface area contributed by atoms with Gasteiger partial charge in [0.05, 0.1) is 23.2 Å². The Morgan fingerprint density at radius 3 is 2.70 bits per heavy atom. The molecule has 0 fully saturated rings. The van der Waals surface area contributed by atoms with E-state index in [1.807, 2.05) is 34.9 Å². The molecule has 3 aliphatic heterocycles. The Labute approximate surface area is 214 Å². The van der Waals surface area contributed by atoms with Crippen LogP contribution in [0.2, 0.25) is 0 Å². The molecule has 2 amide bonds. The molecular formula is C30H28N4O3. The van der Waals surface area contributed by atoms with Gasteiger partial charge in [0.2, 0.25) is 5.91 Å². The van der Waals surface area contributed by atoms with E-state index in [-0.39, 0.29) is 23.9 Å². The number of hydrogen-bond acceptors (Lipinski definition) is 4. The largest absolute Gasteiger partial charge is 0.356 e. The number of anilines is 1. The molecule has 0 unspecified atom stereocenters. The molecule has 2 aromatic heterocycles. The molecule has 3 aliphatic rings. The van der Waals surface area contributed by atoms with E-state index < -0.39 is 5.92 Å². The Bertz CT molecular complexity index is 1770.